The Kier molecular flexibility index (Phi) is 4.51. The molecule has 110 valence electrons. The lowest BCUT2D eigenvalue weighted by molar-refractivity contribution is -0.115. The molecule has 0 radical (unpaired) electrons. The molecule has 20 heavy (non-hydrogen) atoms. The van der Waals surface area contributed by atoms with Gasteiger partial charge in [0.25, 0.3) is 0 Å². The van der Waals surface area contributed by atoms with Crippen LogP contribution in [0, 0.1) is 0 Å². The molecule has 1 aliphatic heterocycles. The molecule has 5 nitrogen and oxygen atoms in total. The second kappa shape index (κ2) is 5.83. The van der Waals surface area contributed by atoms with E-state index in [0.29, 0.717) is 12.1 Å². The minimum atomic E-state index is -2.97. The van der Waals surface area contributed by atoms with Crippen LogP contribution in [0.3, 0.4) is 0 Å². The molecule has 1 aliphatic rings. The fraction of sp³-hybridized carbons (Fsp3) is 0.462. The third-order valence-electron chi connectivity index (χ3n) is 3.29. The zero-order valence-corrected chi connectivity index (χ0v) is 13.6. The first-order chi connectivity index (χ1) is 9.28. The van der Waals surface area contributed by atoms with Crippen molar-refractivity contribution in [3.8, 4) is 0 Å². The molecule has 1 amide bonds. The second-order valence-electron chi connectivity index (χ2n) is 5.31. The van der Waals surface area contributed by atoms with Crippen LogP contribution in [0.15, 0.2) is 28.7 Å². The van der Waals surface area contributed by atoms with Gasteiger partial charge >= 0.3 is 0 Å². The van der Waals surface area contributed by atoms with Gasteiger partial charge in [-0.05, 0) is 31.5 Å². The van der Waals surface area contributed by atoms with Gasteiger partial charge in [-0.3, -0.25) is 4.79 Å². The fourth-order valence-corrected chi connectivity index (χ4v) is 4.74. The van der Waals surface area contributed by atoms with Gasteiger partial charge in [-0.25, -0.2) is 8.42 Å². The van der Waals surface area contributed by atoms with Crippen molar-refractivity contribution in [3.63, 3.8) is 0 Å². The normalized spacial score (nSPS) is 24.5. The van der Waals surface area contributed by atoms with E-state index in [4.69, 9.17) is 0 Å². The maximum atomic E-state index is 11.8. The van der Waals surface area contributed by atoms with E-state index in [2.05, 4.69) is 26.6 Å². The first-order valence-electron chi connectivity index (χ1n) is 6.29. The Balaban J connectivity index is 1.87. The molecule has 0 bridgehead atoms. The zero-order chi connectivity index (χ0) is 14.8. The predicted octanol–water partition coefficient (Wildman–Crippen LogP) is 1.55. The predicted molar refractivity (Wildman–Crippen MR) is 82.5 cm³/mol. The summed E-state index contributed by atoms with van der Waals surface area (Å²) in [6.45, 7) is 1.93. The highest BCUT2D eigenvalue weighted by molar-refractivity contribution is 9.10. The van der Waals surface area contributed by atoms with Gasteiger partial charge in [0.05, 0.1) is 18.1 Å². The van der Waals surface area contributed by atoms with Crippen molar-refractivity contribution in [1.29, 1.82) is 0 Å². The average molecular weight is 361 g/mol. The van der Waals surface area contributed by atoms with Gasteiger partial charge in [-0.15, -0.1) is 0 Å². The molecule has 0 aliphatic carbocycles. The Labute approximate surface area is 127 Å². The van der Waals surface area contributed by atoms with Crippen LogP contribution < -0.4 is 10.6 Å². The third kappa shape index (κ3) is 4.29. The van der Waals surface area contributed by atoms with Crippen molar-refractivity contribution in [2.75, 3.05) is 23.4 Å². The molecule has 1 aromatic carbocycles. The first-order valence-corrected chi connectivity index (χ1v) is 8.90. The molecule has 1 unspecified atom stereocenters. The van der Waals surface area contributed by atoms with Crippen LogP contribution in [-0.2, 0) is 14.6 Å². The van der Waals surface area contributed by atoms with E-state index in [9.17, 15) is 13.2 Å². The van der Waals surface area contributed by atoms with Crippen LogP contribution in [0.4, 0.5) is 5.69 Å². The maximum Gasteiger partial charge on any atom is 0.238 e. The Morgan fingerprint density at radius 1 is 1.45 bits per heavy atom. The van der Waals surface area contributed by atoms with Crippen molar-refractivity contribution in [2.24, 2.45) is 0 Å². The summed E-state index contributed by atoms with van der Waals surface area (Å²) in [5.41, 5.74) is 0.198. The number of benzene rings is 1. The lowest BCUT2D eigenvalue weighted by Crippen LogP contribution is -2.46. The summed E-state index contributed by atoms with van der Waals surface area (Å²) >= 11 is 3.33. The molecule has 2 N–H and O–H groups in total. The number of amides is 1. The molecule has 0 aromatic heterocycles. The van der Waals surface area contributed by atoms with Crippen molar-refractivity contribution >= 4 is 37.4 Å². The van der Waals surface area contributed by atoms with Gasteiger partial charge in [-0.1, -0.05) is 22.0 Å². The van der Waals surface area contributed by atoms with Gasteiger partial charge in [-0.2, -0.15) is 0 Å². The van der Waals surface area contributed by atoms with Crippen molar-refractivity contribution in [1.82, 2.24) is 5.32 Å². The number of anilines is 1. The third-order valence-corrected chi connectivity index (χ3v) is 5.68. The number of carbonyl (C=O) groups excluding carboxylic acids is 1. The molecule has 1 aromatic rings. The largest absolute Gasteiger partial charge is 0.325 e. The quantitative estimate of drug-likeness (QED) is 0.854. The number of nitrogens with one attached hydrogen (secondary N) is 2. The van der Waals surface area contributed by atoms with Crippen LogP contribution in [0.2, 0.25) is 0 Å². The van der Waals surface area contributed by atoms with E-state index in [1.54, 1.807) is 12.1 Å². The summed E-state index contributed by atoms with van der Waals surface area (Å²) in [4.78, 5) is 11.8. The highest BCUT2D eigenvalue weighted by atomic mass is 79.9. The number of halogens is 1. The molecule has 2 rings (SSSR count). The Bertz CT molecular complexity index is 618. The molecule has 0 spiro atoms. The van der Waals surface area contributed by atoms with E-state index in [-0.39, 0.29) is 24.0 Å². The number of hydrogen-bond acceptors (Lipinski definition) is 4. The van der Waals surface area contributed by atoms with E-state index in [1.165, 1.54) is 0 Å². The van der Waals surface area contributed by atoms with E-state index < -0.39 is 15.4 Å². The van der Waals surface area contributed by atoms with Gasteiger partial charge in [0.15, 0.2) is 9.84 Å². The molecule has 1 heterocycles. The summed E-state index contributed by atoms with van der Waals surface area (Å²) in [6.07, 6.45) is 0.541. The summed E-state index contributed by atoms with van der Waals surface area (Å²) in [5.74, 6) is 0.0853. The molecule has 1 fully saturated rings. The van der Waals surface area contributed by atoms with E-state index >= 15 is 0 Å². The fourth-order valence-electron chi connectivity index (χ4n) is 2.21. The molecule has 1 atom stereocenters. The molecular formula is C13H17BrN2O3S. The Hall–Kier alpha value is -0.920. The summed E-state index contributed by atoms with van der Waals surface area (Å²) in [7, 11) is -2.97. The van der Waals surface area contributed by atoms with E-state index in [0.717, 1.165) is 4.47 Å². The lowest BCUT2D eigenvalue weighted by Gasteiger charge is -2.23. The highest BCUT2D eigenvalue weighted by Gasteiger charge is 2.38. The van der Waals surface area contributed by atoms with Crippen molar-refractivity contribution in [2.45, 2.75) is 18.9 Å². The number of sulfone groups is 1. The minimum absolute atomic E-state index is 0.0875. The van der Waals surface area contributed by atoms with Crippen LogP contribution in [-0.4, -0.2) is 37.9 Å². The van der Waals surface area contributed by atoms with Gasteiger partial charge in [0, 0.05) is 15.7 Å². The summed E-state index contributed by atoms with van der Waals surface area (Å²) in [6, 6.07) is 7.31. The van der Waals surface area contributed by atoms with Crippen LogP contribution in [0.1, 0.15) is 13.3 Å². The van der Waals surface area contributed by atoms with Crippen LogP contribution in [0.25, 0.3) is 0 Å². The molecule has 1 saturated heterocycles. The van der Waals surface area contributed by atoms with Crippen molar-refractivity contribution in [3.05, 3.63) is 28.7 Å². The zero-order valence-electron chi connectivity index (χ0n) is 11.1. The van der Waals surface area contributed by atoms with Gasteiger partial charge < -0.3 is 10.6 Å². The smallest absolute Gasteiger partial charge is 0.238 e. The monoisotopic (exact) mass is 360 g/mol. The number of rotatable bonds is 4. The Morgan fingerprint density at radius 3 is 2.80 bits per heavy atom. The van der Waals surface area contributed by atoms with Gasteiger partial charge in [0.1, 0.15) is 0 Å². The second-order valence-corrected chi connectivity index (χ2v) is 8.41. The maximum absolute atomic E-state index is 11.8. The topological polar surface area (TPSA) is 75.3 Å². The number of carbonyl (C=O) groups is 1. The first kappa shape index (κ1) is 15.5. The van der Waals surface area contributed by atoms with Crippen LogP contribution in [0.5, 0.6) is 0 Å². The summed E-state index contributed by atoms with van der Waals surface area (Å²) < 4.78 is 23.8. The van der Waals surface area contributed by atoms with Crippen LogP contribution >= 0.6 is 15.9 Å². The SMILES string of the molecule is CC1(NCC(=O)Nc2cccc(Br)c2)CCS(=O)(=O)C1. The van der Waals surface area contributed by atoms with E-state index in [1.807, 2.05) is 19.1 Å². The number of hydrogen-bond donors (Lipinski definition) is 2. The average Bonchev–Trinajstić information content (AvgIpc) is 2.62. The Morgan fingerprint density at radius 2 is 2.20 bits per heavy atom. The lowest BCUT2D eigenvalue weighted by atomic mass is 10.0. The highest BCUT2D eigenvalue weighted by Crippen LogP contribution is 2.22. The summed E-state index contributed by atoms with van der Waals surface area (Å²) in [5, 5.41) is 5.81. The minimum Gasteiger partial charge on any atom is -0.325 e. The molecule has 7 heteroatoms. The standard InChI is InChI=1S/C13H17BrN2O3S/c1-13(5-6-20(18,19)9-13)15-8-12(17)16-11-4-2-3-10(14)7-11/h2-4,7,15H,5-6,8-9H2,1H3,(H,16,17). The molecule has 0 saturated carbocycles. The van der Waals surface area contributed by atoms with Crippen molar-refractivity contribution < 1.29 is 13.2 Å². The van der Waals surface area contributed by atoms with Gasteiger partial charge in [0.2, 0.25) is 5.91 Å². The molecular weight excluding hydrogens is 344 g/mol.